The quantitative estimate of drug-likeness (QED) is 0.346. The number of hydrogen-bond donors (Lipinski definition) is 1. The van der Waals surface area contributed by atoms with Crippen LogP contribution in [0, 0.1) is 30.3 Å². The Morgan fingerprint density at radius 3 is 1.76 bits per heavy atom. The van der Waals surface area contributed by atoms with E-state index in [1.807, 2.05) is 0 Å². The molecule has 29 heavy (non-hydrogen) atoms. The fraction of sp³-hybridized carbons (Fsp3) is 0. The zero-order valence-electron chi connectivity index (χ0n) is 14.7. The second kappa shape index (κ2) is 8.00. The predicted octanol–water partition coefficient (Wildman–Crippen LogP) is 4.58. The van der Waals surface area contributed by atoms with Gasteiger partial charge in [-0.3, -0.25) is 40.8 Å². The van der Waals surface area contributed by atoms with Gasteiger partial charge in [-0.05, 0) is 30.3 Å². The maximum atomic E-state index is 11.4. The van der Waals surface area contributed by atoms with Gasteiger partial charge in [0.25, 0.3) is 11.4 Å². The highest BCUT2D eigenvalue weighted by molar-refractivity contribution is 5.74. The van der Waals surface area contributed by atoms with E-state index in [2.05, 4.69) is 5.43 Å². The van der Waals surface area contributed by atoms with Crippen LogP contribution in [0.4, 0.5) is 34.1 Å². The highest BCUT2D eigenvalue weighted by atomic mass is 16.9. The van der Waals surface area contributed by atoms with Crippen molar-refractivity contribution in [1.29, 1.82) is 0 Å². The highest BCUT2D eigenvalue weighted by Crippen LogP contribution is 2.33. The van der Waals surface area contributed by atoms with Crippen LogP contribution in [0.3, 0.4) is 0 Å². The fourth-order valence-electron chi connectivity index (χ4n) is 2.58. The van der Waals surface area contributed by atoms with Crippen LogP contribution in [-0.2, 0) is 0 Å². The Morgan fingerprint density at radius 2 is 1.21 bits per heavy atom. The number of rotatable bonds is 7. The van der Waals surface area contributed by atoms with Crippen LogP contribution in [-0.4, -0.2) is 14.8 Å². The van der Waals surface area contributed by atoms with Crippen molar-refractivity contribution in [1.82, 2.24) is 0 Å². The lowest BCUT2D eigenvalue weighted by atomic mass is 10.2. The van der Waals surface area contributed by atoms with Gasteiger partial charge in [0.15, 0.2) is 0 Å². The van der Waals surface area contributed by atoms with E-state index in [0.717, 1.165) is 12.1 Å². The first-order valence-corrected chi connectivity index (χ1v) is 8.16. The maximum Gasteiger partial charge on any atom is 0.300 e. The number of hydrogen-bond acceptors (Lipinski definition) is 8. The molecular formula is C18H13N5O6. The molecule has 0 heterocycles. The topological polar surface area (TPSA) is 145 Å². The SMILES string of the molecule is O=[N+]([O-])c1ccc(NN(c2ccccc2)c2ccc([15N+](=O)[O-])cc2)c([15N+](=O)[O-])c1. The van der Waals surface area contributed by atoms with E-state index >= 15 is 0 Å². The zero-order valence-corrected chi connectivity index (χ0v) is 14.7. The molecule has 0 amide bonds. The van der Waals surface area contributed by atoms with E-state index in [4.69, 9.17) is 0 Å². The first-order valence-electron chi connectivity index (χ1n) is 8.16. The molecule has 11 heteroatoms. The monoisotopic (exact) mass is 397 g/mol. The molecule has 11 nitrogen and oxygen atoms in total. The van der Waals surface area contributed by atoms with E-state index < -0.39 is 26.1 Å². The van der Waals surface area contributed by atoms with Crippen LogP contribution < -0.4 is 10.4 Å². The zero-order chi connectivity index (χ0) is 21.0. The van der Waals surface area contributed by atoms with E-state index in [1.54, 1.807) is 30.3 Å². The van der Waals surface area contributed by atoms with E-state index in [9.17, 15) is 30.3 Å². The Labute approximate surface area is 163 Å². The van der Waals surface area contributed by atoms with Crippen LogP contribution in [0.15, 0.2) is 72.8 Å². The van der Waals surface area contributed by atoms with Crippen molar-refractivity contribution in [2.45, 2.75) is 0 Å². The average Bonchev–Trinajstić information content (AvgIpc) is 2.72. The summed E-state index contributed by atoms with van der Waals surface area (Å²) in [6.45, 7) is 0. The third-order valence-corrected chi connectivity index (χ3v) is 3.95. The summed E-state index contributed by atoms with van der Waals surface area (Å²) in [5, 5.41) is 34.7. The lowest BCUT2D eigenvalue weighted by Crippen LogP contribution is -2.25. The molecule has 0 saturated carbocycles. The van der Waals surface area contributed by atoms with Gasteiger partial charge in [0.05, 0.1) is 32.2 Å². The number of hydrazine groups is 1. The number of nitro groups is 3. The Kier molecular flexibility index (Phi) is 5.30. The summed E-state index contributed by atoms with van der Waals surface area (Å²) in [7, 11) is 0. The standard InChI is InChI=1S/C18H13N5O6/c24-21(25)15-8-6-14(7-9-15)20(13-4-2-1-3-5-13)19-17-11-10-16(22(26)27)12-18(17)23(28)29/h1-12,19H/i21+1,23+1. The molecule has 0 spiro atoms. The first-order chi connectivity index (χ1) is 13.9. The van der Waals surface area contributed by atoms with E-state index in [0.29, 0.717) is 11.4 Å². The lowest BCUT2D eigenvalue weighted by Gasteiger charge is -2.26. The molecule has 1 N–H and O–H groups in total. The summed E-state index contributed by atoms with van der Waals surface area (Å²) in [5.41, 5.74) is 2.95. The van der Waals surface area contributed by atoms with Crippen molar-refractivity contribution < 1.29 is 14.8 Å². The van der Waals surface area contributed by atoms with Crippen LogP contribution >= 0.6 is 0 Å². The Balaban J connectivity index is 2.05. The minimum Gasteiger partial charge on any atom is -0.287 e. The van der Waals surface area contributed by atoms with Crippen LogP contribution in [0.2, 0.25) is 0 Å². The van der Waals surface area contributed by atoms with Crippen LogP contribution in [0.1, 0.15) is 0 Å². The summed E-state index contributed by atoms with van der Waals surface area (Å²) >= 11 is 0. The molecule has 0 radical (unpaired) electrons. The summed E-state index contributed by atoms with van der Waals surface area (Å²) in [5.74, 6) is 0. The number of non-ortho nitro benzene ring substituents is 2. The molecule has 0 aliphatic heterocycles. The molecule has 3 rings (SSSR count). The Morgan fingerprint density at radius 1 is 0.655 bits per heavy atom. The minimum atomic E-state index is -0.728. The molecule has 0 fully saturated rings. The molecule has 0 aliphatic rings. The van der Waals surface area contributed by atoms with Crippen molar-refractivity contribution in [3.63, 3.8) is 0 Å². The number of nitrogens with one attached hydrogen (secondary N) is 1. The molecule has 3 aromatic carbocycles. The molecule has 0 bridgehead atoms. The third-order valence-electron chi connectivity index (χ3n) is 3.95. The molecular weight excluding hydrogens is 384 g/mol. The van der Waals surface area contributed by atoms with Gasteiger partial charge in [0, 0.05) is 18.2 Å². The van der Waals surface area contributed by atoms with Gasteiger partial charge in [-0.25, -0.2) is 0 Å². The van der Waals surface area contributed by atoms with E-state index in [1.165, 1.54) is 35.3 Å². The Hall–Kier alpha value is -4.54. The van der Waals surface area contributed by atoms with Gasteiger partial charge in [-0.2, -0.15) is 0 Å². The number of para-hydroxylation sites is 1. The molecule has 0 atom stereocenters. The Bertz CT molecular complexity index is 1070. The third kappa shape index (κ3) is 4.24. The van der Waals surface area contributed by atoms with Gasteiger partial charge in [0.1, 0.15) is 5.69 Å². The largest absolute Gasteiger partial charge is 0.300 e. The fourth-order valence-corrected chi connectivity index (χ4v) is 2.58. The summed E-state index contributed by atoms with van der Waals surface area (Å²) < 4.78 is 0. The number of nitro benzene ring substituents is 3. The molecule has 146 valence electrons. The van der Waals surface area contributed by atoms with Gasteiger partial charge in [-0.15, -0.1) is 0 Å². The number of benzene rings is 3. The molecule has 0 saturated heterocycles. The summed E-state index contributed by atoms with van der Waals surface area (Å²) in [6, 6.07) is 17.6. The minimum absolute atomic E-state index is 0.0165. The smallest absolute Gasteiger partial charge is 0.287 e. The molecule has 0 aromatic heterocycles. The van der Waals surface area contributed by atoms with Gasteiger partial charge >= 0.3 is 5.69 Å². The van der Waals surface area contributed by atoms with Gasteiger partial charge in [0.2, 0.25) is 0 Å². The molecule has 0 unspecified atom stereocenters. The first kappa shape index (κ1) is 19.2. The average molecular weight is 397 g/mol. The molecule has 0 aliphatic carbocycles. The summed E-state index contributed by atoms with van der Waals surface area (Å²) in [6.07, 6.45) is 0. The number of anilines is 3. The normalized spacial score (nSPS) is 10.2. The summed E-state index contributed by atoms with van der Waals surface area (Å²) in [4.78, 5) is 31.3. The lowest BCUT2D eigenvalue weighted by molar-refractivity contribution is -0.393. The van der Waals surface area contributed by atoms with Crippen LogP contribution in [0.5, 0.6) is 0 Å². The molecule has 3 aromatic rings. The second-order valence-electron chi connectivity index (χ2n) is 5.77. The van der Waals surface area contributed by atoms with Crippen molar-refractivity contribution in [2.75, 3.05) is 10.4 Å². The maximum absolute atomic E-state index is 11.4. The second-order valence-corrected chi connectivity index (χ2v) is 5.77. The predicted molar refractivity (Wildman–Crippen MR) is 105 cm³/mol. The van der Waals surface area contributed by atoms with Crippen molar-refractivity contribution >= 4 is 34.1 Å². The van der Waals surface area contributed by atoms with Gasteiger partial charge < -0.3 is 0 Å². The van der Waals surface area contributed by atoms with Gasteiger partial charge in [-0.1, -0.05) is 18.2 Å². The number of nitrogens with zero attached hydrogens (tertiary/aromatic N) is 4. The van der Waals surface area contributed by atoms with Crippen molar-refractivity contribution in [2.24, 2.45) is 0 Å². The van der Waals surface area contributed by atoms with Crippen LogP contribution in [0.25, 0.3) is 0 Å². The van der Waals surface area contributed by atoms with Crippen molar-refractivity contribution in [3.8, 4) is 0 Å². The highest BCUT2D eigenvalue weighted by Gasteiger charge is 2.22. The van der Waals surface area contributed by atoms with Crippen molar-refractivity contribution in [3.05, 3.63) is 103 Å². The van der Waals surface area contributed by atoms with E-state index in [-0.39, 0.29) is 11.4 Å².